The molecular formula is C19H25F3N2O5S. The Morgan fingerprint density at radius 2 is 2.00 bits per heavy atom. The summed E-state index contributed by atoms with van der Waals surface area (Å²) in [6.45, 7) is 5.12. The molecular weight excluding hydrogens is 425 g/mol. The average molecular weight is 450 g/mol. The number of morpholine rings is 1. The number of alkyl halides is 3. The number of ether oxygens (including phenoxy) is 2. The molecule has 7 nitrogen and oxygen atoms in total. The molecule has 0 radical (unpaired) electrons. The lowest BCUT2D eigenvalue weighted by Crippen LogP contribution is -2.52. The number of amides is 1. The van der Waals surface area contributed by atoms with Gasteiger partial charge in [0, 0.05) is 32.8 Å². The second-order valence-electron chi connectivity index (χ2n) is 7.52. The summed E-state index contributed by atoms with van der Waals surface area (Å²) < 4.78 is 43.5. The van der Waals surface area contributed by atoms with Crippen LogP contribution in [0.1, 0.15) is 18.4 Å². The summed E-state index contributed by atoms with van der Waals surface area (Å²) in [4.78, 5) is 25.9. The minimum absolute atomic E-state index is 0.163. The van der Waals surface area contributed by atoms with Crippen molar-refractivity contribution in [2.45, 2.75) is 43.7 Å². The summed E-state index contributed by atoms with van der Waals surface area (Å²) >= 11 is 1.64. The highest BCUT2D eigenvalue weighted by atomic mass is 32.1. The summed E-state index contributed by atoms with van der Waals surface area (Å²) in [6.07, 6.45) is -1.71. The second-order valence-corrected chi connectivity index (χ2v) is 8.30. The number of carboxylic acids is 1. The number of hydrogen-bond donors (Lipinski definition) is 1. The van der Waals surface area contributed by atoms with Gasteiger partial charge in [-0.25, -0.2) is 4.79 Å². The Labute approximate surface area is 176 Å². The van der Waals surface area contributed by atoms with Crippen LogP contribution in [0.2, 0.25) is 0 Å². The molecule has 0 bridgehead atoms. The van der Waals surface area contributed by atoms with Crippen LogP contribution in [0.15, 0.2) is 16.8 Å². The number of carbonyl (C=O) groups is 2. The summed E-state index contributed by atoms with van der Waals surface area (Å²) in [5, 5.41) is 11.2. The first-order chi connectivity index (χ1) is 14.2. The van der Waals surface area contributed by atoms with E-state index in [9.17, 15) is 18.0 Å². The third-order valence-corrected chi connectivity index (χ3v) is 6.14. The molecule has 11 heteroatoms. The molecule has 1 amide bonds. The van der Waals surface area contributed by atoms with Gasteiger partial charge >= 0.3 is 12.1 Å². The fourth-order valence-electron chi connectivity index (χ4n) is 3.92. The highest BCUT2D eigenvalue weighted by molar-refractivity contribution is 7.08. The molecule has 4 rings (SSSR count). The van der Waals surface area contributed by atoms with E-state index in [0.717, 1.165) is 51.4 Å². The first-order valence-electron chi connectivity index (χ1n) is 9.80. The van der Waals surface area contributed by atoms with Crippen molar-refractivity contribution in [3.63, 3.8) is 0 Å². The van der Waals surface area contributed by atoms with Crippen LogP contribution in [0.3, 0.4) is 0 Å². The number of thiophene rings is 1. The number of likely N-dealkylation sites (tertiary alicyclic amines) is 1. The monoisotopic (exact) mass is 450 g/mol. The molecule has 3 atom stereocenters. The van der Waals surface area contributed by atoms with Crippen LogP contribution in [0.4, 0.5) is 13.2 Å². The van der Waals surface area contributed by atoms with E-state index in [1.807, 2.05) is 16.3 Å². The normalized spacial score (nSPS) is 26.8. The standard InChI is InChI=1S/C17H24N2O3S.C2HF3O2/c20-17(8-13-3-7-23-12-13)19-10-15-16(11-19)22-6-4-18(15)9-14-2-1-5-21-14;3-2(4,5)1(6)7/h3,7,12,14-16H,1-2,4-6,8-11H2;(H,6,7)/t14?,15-,16+;/m1./s1. The van der Waals surface area contributed by atoms with E-state index in [1.165, 1.54) is 6.42 Å². The molecule has 1 aromatic rings. The zero-order valence-electron chi connectivity index (χ0n) is 16.3. The van der Waals surface area contributed by atoms with E-state index in [0.29, 0.717) is 18.6 Å². The summed E-state index contributed by atoms with van der Waals surface area (Å²) in [5.41, 5.74) is 1.12. The molecule has 1 unspecified atom stereocenters. The van der Waals surface area contributed by atoms with Crippen LogP contribution in [0.25, 0.3) is 0 Å². The number of hydrogen-bond acceptors (Lipinski definition) is 6. The van der Waals surface area contributed by atoms with Crippen molar-refractivity contribution in [3.8, 4) is 0 Å². The van der Waals surface area contributed by atoms with E-state index in [1.54, 1.807) is 11.3 Å². The van der Waals surface area contributed by atoms with Crippen molar-refractivity contribution in [2.75, 3.05) is 39.4 Å². The molecule has 0 aromatic carbocycles. The fourth-order valence-corrected chi connectivity index (χ4v) is 4.59. The van der Waals surface area contributed by atoms with Gasteiger partial charge < -0.3 is 19.5 Å². The topological polar surface area (TPSA) is 79.3 Å². The molecule has 3 aliphatic rings. The minimum atomic E-state index is -5.08. The molecule has 1 aromatic heterocycles. The number of fused-ring (bicyclic) bond motifs is 1. The minimum Gasteiger partial charge on any atom is -0.475 e. The highest BCUT2D eigenvalue weighted by Crippen LogP contribution is 2.25. The van der Waals surface area contributed by atoms with Crippen LogP contribution >= 0.6 is 11.3 Å². The number of aliphatic carboxylic acids is 1. The van der Waals surface area contributed by atoms with Crippen molar-refractivity contribution in [1.82, 2.24) is 9.80 Å². The Bertz CT molecular complexity index is 710. The largest absolute Gasteiger partial charge is 0.490 e. The van der Waals surface area contributed by atoms with Gasteiger partial charge in [-0.05, 0) is 35.2 Å². The molecule has 30 heavy (non-hydrogen) atoms. The van der Waals surface area contributed by atoms with Crippen molar-refractivity contribution in [2.24, 2.45) is 0 Å². The molecule has 4 heterocycles. The van der Waals surface area contributed by atoms with Gasteiger partial charge in [0.2, 0.25) is 5.91 Å². The summed E-state index contributed by atoms with van der Waals surface area (Å²) in [6, 6.07) is 2.37. The molecule has 168 valence electrons. The van der Waals surface area contributed by atoms with Crippen molar-refractivity contribution in [1.29, 1.82) is 0 Å². The highest BCUT2D eigenvalue weighted by Gasteiger charge is 2.42. The molecule has 3 saturated heterocycles. The van der Waals surface area contributed by atoms with Crippen LogP contribution in [0.5, 0.6) is 0 Å². The summed E-state index contributed by atoms with van der Waals surface area (Å²) in [5.74, 6) is -2.54. The lowest BCUT2D eigenvalue weighted by molar-refractivity contribution is -0.192. The number of halogens is 3. The molecule has 3 aliphatic heterocycles. The quantitative estimate of drug-likeness (QED) is 0.756. The third kappa shape index (κ3) is 6.16. The predicted octanol–water partition coefficient (Wildman–Crippen LogP) is 2.01. The van der Waals surface area contributed by atoms with Gasteiger partial charge in [0.05, 0.1) is 31.3 Å². The SMILES string of the molecule is O=C(Cc1ccsc1)N1C[C@@H]2OCCN(CC3CCCO3)[C@@H]2C1.O=C(O)C(F)(F)F. The summed E-state index contributed by atoms with van der Waals surface area (Å²) in [7, 11) is 0. The predicted molar refractivity (Wildman–Crippen MR) is 102 cm³/mol. The van der Waals surface area contributed by atoms with E-state index in [4.69, 9.17) is 19.4 Å². The lowest BCUT2D eigenvalue weighted by atomic mass is 10.1. The molecule has 0 saturated carbocycles. The molecule has 0 spiro atoms. The Hall–Kier alpha value is -1.69. The van der Waals surface area contributed by atoms with Gasteiger partial charge in [-0.1, -0.05) is 0 Å². The zero-order chi connectivity index (χ0) is 21.7. The lowest BCUT2D eigenvalue weighted by Gasteiger charge is -2.37. The maximum atomic E-state index is 12.5. The number of carboxylic acid groups (broad SMARTS) is 1. The van der Waals surface area contributed by atoms with Crippen LogP contribution in [0, 0.1) is 0 Å². The van der Waals surface area contributed by atoms with Gasteiger partial charge in [-0.3, -0.25) is 9.69 Å². The van der Waals surface area contributed by atoms with E-state index in [2.05, 4.69) is 10.3 Å². The number of rotatable bonds is 4. The first kappa shape index (κ1) is 23.0. The van der Waals surface area contributed by atoms with Crippen LogP contribution in [-0.2, 0) is 25.5 Å². The van der Waals surface area contributed by atoms with E-state index < -0.39 is 12.1 Å². The van der Waals surface area contributed by atoms with Gasteiger partial charge in [-0.15, -0.1) is 0 Å². The van der Waals surface area contributed by atoms with E-state index in [-0.39, 0.29) is 12.0 Å². The van der Waals surface area contributed by atoms with Gasteiger partial charge in [0.25, 0.3) is 0 Å². The van der Waals surface area contributed by atoms with Crippen LogP contribution < -0.4 is 0 Å². The molecule has 3 fully saturated rings. The maximum Gasteiger partial charge on any atom is 0.490 e. The molecule has 0 aliphatic carbocycles. The number of nitrogens with zero attached hydrogens (tertiary/aromatic N) is 2. The van der Waals surface area contributed by atoms with Gasteiger partial charge in [0.1, 0.15) is 0 Å². The Morgan fingerprint density at radius 1 is 1.23 bits per heavy atom. The Balaban J connectivity index is 0.000000318. The van der Waals surface area contributed by atoms with Gasteiger partial charge in [0.15, 0.2) is 0 Å². The number of carbonyl (C=O) groups excluding carboxylic acids is 1. The molecule has 1 N–H and O–H groups in total. The van der Waals surface area contributed by atoms with Crippen LogP contribution in [-0.4, -0.2) is 90.6 Å². The van der Waals surface area contributed by atoms with Crippen molar-refractivity contribution < 1.29 is 37.3 Å². The van der Waals surface area contributed by atoms with Gasteiger partial charge in [-0.2, -0.15) is 24.5 Å². The zero-order valence-corrected chi connectivity index (χ0v) is 17.2. The van der Waals surface area contributed by atoms with Crippen molar-refractivity contribution in [3.05, 3.63) is 22.4 Å². The Kier molecular flexibility index (Phi) is 7.72. The average Bonchev–Trinajstić information content (AvgIpc) is 3.43. The Morgan fingerprint density at radius 3 is 2.60 bits per heavy atom. The smallest absolute Gasteiger partial charge is 0.475 e. The third-order valence-electron chi connectivity index (χ3n) is 5.41. The first-order valence-corrected chi connectivity index (χ1v) is 10.7. The fraction of sp³-hybridized carbons (Fsp3) is 0.684. The van der Waals surface area contributed by atoms with E-state index >= 15 is 0 Å². The maximum absolute atomic E-state index is 12.5. The second kappa shape index (κ2) is 10.1. The van der Waals surface area contributed by atoms with Crippen molar-refractivity contribution >= 4 is 23.2 Å².